The second kappa shape index (κ2) is 6.91. The van der Waals surface area contributed by atoms with E-state index in [1.165, 1.54) is 0 Å². The van der Waals surface area contributed by atoms with E-state index in [1.54, 1.807) is 0 Å². The summed E-state index contributed by atoms with van der Waals surface area (Å²) in [6.07, 6.45) is -3.20. The Kier molecular flexibility index (Phi) is 6.03. The van der Waals surface area contributed by atoms with Gasteiger partial charge in [0.1, 0.15) is 0 Å². The third-order valence-corrected chi connectivity index (χ3v) is 4.98. The van der Waals surface area contributed by atoms with Crippen LogP contribution in [0, 0.1) is 0 Å². The highest BCUT2D eigenvalue weighted by Crippen LogP contribution is 2.30. The van der Waals surface area contributed by atoms with Crippen LogP contribution in [-0.4, -0.2) is 50.3 Å². The fourth-order valence-electron chi connectivity index (χ4n) is 1.94. The molecule has 4 nitrogen and oxygen atoms in total. The van der Waals surface area contributed by atoms with Crippen LogP contribution in [-0.2, 0) is 10.0 Å². The molecule has 0 amide bonds. The third-order valence-electron chi connectivity index (χ3n) is 3.06. The van der Waals surface area contributed by atoms with Crippen LogP contribution in [0.2, 0.25) is 0 Å². The number of alkyl halides is 3. The number of rotatable bonds is 6. The Balaban J connectivity index is 2.49. The first-order valence-corrected chi connectivity index (χ1v) is 8.21. The highest BCUT2D eigenvalue weighted by Gasteiger charge is 2.36. The molecule has 0 spiro atoms. The molecule has 0 aromatic heterocycles. The van der Waals surface area contributed by atoms with Crippen molar-refractivity contribution in [2.75, 3.05) is 25.4 Å². The second-order valence-corrected chi connectivity index (χ2v) is 7.20. The molecule has 1 heterocycles. The van der Waals surface area contributed by atoms with Crippen molar-refractivity contribution in [3.05, 3.63) is 11.6 Å². The maximum absolute atomic E-state index is 12.4. The molecule has 1 rings (SSSR count). The van der Waals surface area contributed by atoms with Crippen LogP contribution in [0.5, 0.6) is 0 Å². The minimum atomic E-state index is -4.35. The van der Waals surface area contributed by atoms with Gasteiger partial charge in [0.2, 0.25) is 10.0 Å². The lowest BCUT2D eigenvalue weighted by molar-refractivity contribution is -0.0953. The number of sulfonamides is 1. The van der Waals surface area contributed by atoms with E-state index in [0.29, 0.717) is 13.0 Å². The maximum atomic E-state index is 12.4. The minimum absolute atomic E-state index is 0.0398. The molecule has 0 saturated heterocycles. The van der Waals surface area contributed by atoms with Gasteiger partial charge in [0.05, 0.1) is 5.75 Å². The summed E-state index contributed by atoms with van der Waals surface area (Å²) in [6, 6.07) is 0.282. The van der Waals surface area contributed by atoms with Crippen LogP contribution < -0.4 is 5.32 Å². The largest absolute Gasteiger partial charge is 0.412 e. The molecule has 0 aromatic carbocycles. The smallest absolute Gasteiger partial charge is 0.314 e. The van der Waals surface area contributed by atoms with Crippen molar-refractivity contribution < 1.29 is 21.6 Å². The van der Waals surface area contributed by atoms with E-state index in [2.05, 4.69) is 5.32 Å². The average Bonchev–Trinajstić information content (AvgIpc) is 2.34. The maximum Gasteiger partial charge on any atom is 0.412 e. The van der Waals surface area contributed by atoms with Gasteiger partial charge in [-0.15, -0.1) is 0 Å². The van der Waals surface area contributed by atoms with Gasteiger partial charge in [-0.1, -0.05) is 19.9 Å². The summed E-state index contributed by atoms with van der Waals surface area (Å²) in [6.45, 7) is 4.22. The fourth-order valence-corrected chi connectivity index (χ4v) is 3.37. The Bertz CT molecular complexity index is 444. The van der Waals surface area contributed by atoms with Crippen LogP contribution in [0.3, 0.4) is 0 Å². The Morgan fingerprint density at radius 3 is 2.50 bits per heavy atom. The van der Waals surface area contributed by atoms with E-state index >= 15 is 0 Å². The van der Waals surface area contributed by atoms with Crippen molar-refractivity contribution in [1.82, 2.24) is 9.62 Å². The Morgan fingerprint density at radius 1 is 1.40 bits per heavy atom. The summed E-state index contributed by atoms with van der Waals surface area (Å²) in [4.78, 5) is 0. The number of nitrogens with one attached hydrogen (secondary N) is 1. The first-order chi connectivity index (χ1) is 9.13. The van der Waals surface area contributed by atoms with E-state index in [9.17, 15) is 21.6 Å². The highest BCUT2D eigenvalue weighted by molar-refractivity contribution is 7.89. The summed E-state index contributed by atoms with van der Waals surface area (Å²) in [5.41, 5.74) is -0.634. The van der Waals surface area contributed by atoms with Crippen molar-refractivity contribution in [1.29, 1.82) is 0 Å². The molecule has 1 aliphatic rings. The summed E-state index contributed by atoms with van der Waals surface area (Å²) >= 11 is 0. The molecular weight excluding hydrogens is 293 g/mol. The molecule has 8 heteroatoms. The summed E-state index contributed by atoms with van der Waals surface area (Å²) in [5, 5.41) is 3.10. The van der Waals surface area contributed by atoms with Gasteiger partial charge in [-0.25, -0.2) is 8.42 Å². The number of halogens is 3. The molecule has 1 N–H and O–H groups in total. The number of hydrogen-bond acceptors (Lipinski definition) is 3. The zero-order chi connectivity index (χ0) is 15.4. The van der Waals surface area contributed by atoms with Crippen molar-refractivity contribution in [2.24, 2.45) is 0 Å². The van der Waals surface area contributed by atoms with E-state index in [4.69, 9.17) is 0 Å². The topological polar surface area (TPSA) is 49.4 Å². The van der Waals surface area contributed by atoms with Crippen LogP contribution >= 0.6 is 0 Å². The first-order valence-electron chi connectivity index (χ1n) is 6.60. The number of hydrogen-bond donors (Lipinski definition) is 1. The van der Waals surface area contributed by atoms with Crippen LogP contribution in [0.15, 0.2) is 11.6 Å². The van der Waals surface area contributed by atoms with E-state index in [0.717, 1.165) is 10.4 Å². The van der Waals surface area contributed by atoms with E-state index < -0.39 is 21.8 Å². The fraction of sp³-hybridized carbons (Fsp3) is 0.833. The van der Waals surface area contributed by atoms with Gasteiger partial charge in [-0.2, -0.15) is 17.5 Å². The molecule has 0 atom stereocenters. The second-order valence-electron chi connectivity index (χ2n) is 5.11. The first kappa shape index (κ1) is 17.5. The standard InChI is InChI=1S/C12H21F3N2O2S/c1-10(2)16-6-3-9-20(18,19)17-7-4-11(5-8-17)12(13,14)15/h4,10,16H,3,5-9H2,1-2H3. The lowest BCUT2D eigenvalue weighted by atomic mass is 10.1. The zero-order valence-electron chi connectivity index (χ0n) is 11.7. The molecule has 20 heavy (non-hydrogen) atoms. The van der Waals surface area contributed by atoms with Gasteiger partial charge in [0.25, 0.3) is 0 Å². The molecule has 0 unspecified atom stereocenters. The van der Waals surface area contributed by atoms with Crippen molar-refractivity contribution in [2.45, 2.75) is 38.9 Å². The Labute approximate surface area is 118 Å². The van der Waals surface area contributed by atoms with Gasteiger partial charge in [-0.05, 0) is 19.4 Å². The third kappa shape index (κ3) is 5.41. The summed E-state index contributed by atoms with van der Waals surface area (Å²) < 4.78 is 62.4. The highest BCUT2D eigenvalue weighted by atomic mass is 32.2. The van der Waals surface area contributed by atoms with Gasteiger partial charge >= 0.3 is 6.18 Å². The molecule has 118 valence electrons. The summed E-state index contributed by atoms with van der Waals surface area (Å²) in [5.74, 6) is -0.0398. The predicted molar refractivity (Wildman–Crippen MR) is 71.9 cm³/mol. The van der Waals surface area contributed by atoms with E-state index in [1.807, 2.05) is 13.8 Å². The van der Waals surface area contributed by atoms with E-state index in [-0.39, 0.29) is 31.3 Å². The molecule has 0 saturated carbocycles. The summed E-state index contributed by atoms with van der Waals surface area (Å²) in [7, 11) is -3.47. The van der Waals surface area contributed by atoms with Gasteiger partial charge in [-0.3, -0.25) is 0 Å². The molecule has 0 radical (unpaired) electrons. The van der Waals surface area contributed by atoms with Crippen LogP contribution in [0.1, 0.15) is 26.7 Å². The van der Waals surface area contributed by atoms with Crippen molar-refractivity contribution in [3.63, 3.8) is 0 Å². The van der Waals surface area contributed by atoms with Crippen LogP contribution in [0.25, 0.3) is 0 Å². The molecule has 0 aromatic rings. The monoisotopic (exact) mass is 314 g/mol. The molecule has 0 fully saturated rings. The molecule has 0 bridgehead atoms. The zero-order valence-corrected chi connectivity index (χ0v) is 12.5. The Hall–Kier alpha value is -0.600. The lowest BCUT2D eigenvalue weighted by Crippen LogP contribution is -2.38. The van der Waals surface area contributed by atoms with Crippen LogP contribution in [0.4, 0.5) is 13.2 Å². The molecule has 1 aliphatic heterocycles. The van der Waals surface area contributed by atoms with Crippen molar-refractivity contribution >= 4 is 10.0 Å². The molecule has 0 aliphatic carbocycles. The lowest BCUT2D eigenvalue weighted by Gasteiger charge is -2.26. The minimum Gasteiger partial charge on any atom is -0.314 e. The number of nitrogens with zero attached hydrogens (tertiary/aromatic N) is 1. The quantitative estimate of drug-likeness (QED) is 0.602. The van der Waals surface area contributed by atoms with Gasteiger partial charge in [0, 0.05) is 24.7 Å². The average molecular weight is 314 g/mol. The predicted octanol–water partition coefficient (Wildman–Crippen LogP) is 1.90. The molecular formula is C12H21F3N2O2S. The van der Waals surface area contributed by atoms with Gasteiger partial charge < -0.3 is 5.32 Å². The Morgan fingerprint density at radius 2 is 2.05 bits per heavy atom. The normalized spacial score (nSPS) is 18.4. The van der Waals surface area contributed by atoms with Crippen molar-refractivity contribution in [3.8, 4) is 0 Å². The SMILES string of the molecule is CC(C)NCCCS(=O)(=O)N1CC=C(C(F)(F)F)CC1. The van der Waals surface area contributed by atoms with Gasteiger partial charge in [0.15, 0.2) is 0 Å².